The third-order valence-corrected chi connectivity index (χ3v) is 5.23. The summed E-state index contributed by atoms with van der Waals surface area (Å²) in [5.74, 6) is 0.359. The molecule has 0 saturated carbocycles. The van der Waals surface area contributed by atoms with Crippen LogP contribution in [0.1, 0.15) is 29.4 Å². The molecule has 33 heavy (non-hydrogen) atoms. The SMILES string of the molecule is CCNC(=NCc1ccc(-n2ccnc2)c(F)c1)NCc1ccccc1-n1nc(C)cc1C. The second-order valence-electron chi connectivity index (χ2n) is 7.77. The molecule has 8 heteroatoms. The summed E-state index contributed by atoms with van der Waals surface area (Å²) in [4.78, 5) is 8.61. The Morgan fingerprint density at radius 2 is 1.91 bits per heavy atom. The Hall–Kier alpha value is -3.94. The van der Waals surface area contributed by atoms with Crippen LogP contribution in [-0.4, -0.2) is 31.8 Å². The third kappa shape index (κ3) is 5.28. The number of hydrogen-bond acceptors (Lipinski definition) is 3. The summed E-state index contributed by atoms with van der Waals surface area (Å²) in [6.45, 7) is 7.71. The Morgan fingerprint density at radius 1 is 1.06 bits per heavy atom. The lowest BCUT2D eigenvalue weighted by Crippen LogP contribution is -2.37. The maximum atomic E-state index is 14.6. The van der Waals surface area contributed by atoms with Crippen LogP contribution in [0.3, 0.4) is 0 Å². The van der Waals surface area contributed by atoms with Gasteiger partial charge < -0.3 is 15.2 Å². The number of aryl methyl sites for hydroxylation is 2. The van der Waals surface area contributed by atoms with Crippen molar-refractivity contribution < 1.29 is 4.39 Å². The minimum atomic E-state index is -0.308. The van der Waals surface area contributed by atoms with E-state index in [4.69, 9.17) is 0 Å². The summed E-state index contributed by atoms with van der Waals surface area (Å²) in [7, 11) is 0. The number of para-hydroxylation sites is 1. The molecule has 0 aliphatic heterocycles. The zero-order chi connectivity index (χ0) is 23.2. The molecule has 0 atom stereocenters. The van der Waals surface area contributed by atoms with Crippen molar-refractivity contribution in [2.75, 3.05) is 6.54 Å². The summed E-state index contributed by atoms with van der Waals surface area (Å²) in [6.07, 6.45) is 4.92. The summed E-state index contributed by atoms with van der Waals surface area (Å²) in [6, 6.07) is 15.4. The van der Waals surface area contributed by atoms with Gasteiger partial charge in [0.2, 0.25) is 0 Å². The minimum absolute atomic E-state index is 0.308. The van der Waals surface area contributed by atoms with Gasteiger partial charge in [0.1, 0.15) is 5.82 Å². The fourth-order valence-corrected chi connectivity index (χ4v) is 3.69. The highest BCUT2D eigenvalue weighted by molar-refractivity contribution is 5.79. The van der Waals surface area contributed by atoms with Gasteiger partial charge in [0.05, 0.1) is 29.9 Å². The number of guanidine groups is 1. The standard InChI is InChI=1S/C25H28FN7/c1-4-28-25(29-15-20-9-10-24(22(26)14-20)32-12-11-27-17-32)30-16-21-7-5-6-8-23(21)33-19(3)13-18(2)31-33/h5-14,17H,4,15-16H2,1-3H3,(H2,28,29,30). The molecule has 0 aliphatic carbocycles. The maximum Gasteiger partial charge on any atom is 0.191 e. The van der Waals surface area contributed by atoms with E-state index in [0.717, 1.165) is 34.7 Å². The second kappa shape index (κ2) is 10.1. The third-order valence-electron chi connectivity index (χ3n) is 5.23. The molecule has 0 spiro atoms. The van der Waals surface area contributed by atoms with Crippen molar-refractivity contribution in [3.05, 3.63) is 95.6 Å². The van der Waals surface area contributed by atoms with Gasteiger partial charge in [0.15, 0.2) is 5.96 Å². The van der Waals surface area contributed by atoms with Gasteiger partial charge >= 0.3 is 0 Å². The molecule has 0 radical (unpaired) electrons. The Balaban J connectivity index is 1.48. The van der Waals surface area contributed by atoms with E-state index < -0.39 is 0 Å². The molecule has 2 aromatic heterocycles. The topological polar surface area (TPSA) is 72.1 Å². The number of nitrogens with zero attached hydrogens (tertiary/aromatic N) is 5. The van der Waals surface area contributed by atoms with Crippen LogP contribution in [0.5, 0.6) is 0 Å². The van der Waals surface area contributed by atoms with Gasteiger partial charge in [-0.05, 0) is 56.2 Å². The van der Waals surface area contributed by atoms with Crippen LogP contribution in [-0.2, 0) is 13.1 Å². The molecule has 4 aromatic rings. The second-order valence-corrected chi connectivity index (χ2v) is 7.77. The summed E-state index contributed by atoms with van der Waals surface area (Å²) < 4.78 is 18.2. The van der Waals surface area contributed by atoms with E-state index in [9.17, 15) is 4.39 Å². The number of halogens is 1. The Labute approximate surface area is 193 Å². The zero-order valence-corrected chi connectivity index (χ0v) is 19.1. The monoisotopic (exact) mass is 445 g/mol. The Bertz CT molecular complexity index is 1240. The fraction of sp³-hybridized carbons (Fsp3) is 0.240. The first kappa shape index (κ1) is 22.3. The first-order valence-corrected chi connectivity index (χ1v) is 11.0. The van der Waals surface area contributed by atoms with Crippen molar-refractivity contribution in [2.45, 2.75) is 33.9 Å². The Kier molecular flexibility index (Phi) is 6.83. The van der Waals surface area contributed by atoms with Crippen LogP contribution in [0.15, 0.2) is 72.2 Å². The van der Waals surface area contributed by atoms with E-state index in [2.05, 4.69) is 43.9 Å². The first-order valence-electron chi connectivity index (χ1n) is 11.0. The molecule has 0 amide bonds. The van der Waals surface area contributed by atoms with Crippen molar-refractivity contribution in [3.8, 4) is 11.4 Å². The van der Waals surface area contributed by atoms with E-state index in [-0.39, 0.29) is 5.82 Å². The predicted molar refractivity (Wildman–Crippen MR) is 128 cm³/mol. The number of aliphatic imine (C=N–C) groups is 1. The van der Waals surface area contributed by atoms with Gasteiger partial charge in [-0.2, -0.15) is 5.10 Å². The van der Waals surface area contributed by atoms with Gasteiger partial charge in [-0.1, -0.05) is 24.3 Å². The highest BCUT2D eigenvalue weighted by Crippen LogP contribution is 2.17. The highest BCUT2D eigenvalue weighted by atomic mass is 19.1. The van der Waals surface area contributed by atoms with Gasteiger partial charge in [-0.25, -0.2) is 19.0 Å². The van der Waals surface area contributed by atoms with E-state index in [1.807, 2.05) is 43.7 Å². The number of nitrogens with one attached hydrogen (secondary N) is 2. The number of hydrogen-bond donors (Lipinski definition) is 2. The van der Waals surface area contributed by atoms with Crippen molar-refractivity contribution >= 4 is 5.96 Å². The lowest BCUT2D eigenvalue weighted by Gasteiger charge is -2.15. The summed E-state index contributed by atoms with van der Waals surface area (Å²) in [5.41, 5.74) is 5.45. The molecule has 0 aliphatic rings. The molecule has 2 aromatic carbocycles. The van der Waals surface area contributed by atoms with Crippen molar-refractivity contribution in [3.63, 3.8) is 0 Å². The number of aromatic nitrogens is 4. The maximum absolute atomic E-state index is 14.6. The lowest BCUT2D eigenvalue weighted by atomic mass is 10.1. The van der Waals surface area contributed by atoms with E-state index in [0.29, 0.717) is 24.7 Å². The van der Waals surface area contributed by atoms with Crippen LogP contribution >= 0.6 is 0 Å². The van der Waals surface area contributed by atoms with Crippen molar-refractivity contribution in [1.82, 2.24) is 30.0 Å². The number of imidazole rings is 1. The molecule has 0 unspecified atom stereocenters. The molecule has 0 saturated heterocycles. The summed E-state index contributed by atoms with van der Waals surface area (Å²) in [5, 5.41) is 11.3. The average molecular weight is 446 g/mol. The van der Waals surface area contributed by atoms with Crippen LogP contribution in [0.25, 0.3) is 11.4 Å². The quantitative estimate of drug-likeness (QED) is 0.332. The molecule has 2 N–H and O–H groups in total. The van der Waals surface area contributed by atoms with Crippen molar-refractivity contribution in [2.24, 2.45) is 4.99 Å². The molecule has 2 heterocycles. The molecule has 0 fully saturated rings. The molecule has 4 rings (SSSR count). The van der Waals surface area contributed by atoms with Crippen LogP contribution in [0.4, 0.5) is 4.39 Å². The molecule has 0 bridgehead atoms. The predicted octanol–water partition coefficient (Wildman–Crippen LogP) is 4.07. The fourth-order valence-electron chi connectivity index (χ4n) is 3.69. The summed E-state index contributed by atoms with van der Waals surface area (Å²) >= 11 is 0. The number of rotatable bonds is 7. The van der Waals surface area contributed by atoms with Gasteiger partial charge in [0.25, 0.3) is 0 Å². The van der Waals surface area contributed by atoms with Gasteiger partial charge in [0, 0.05) is 31.2 Å². The number of benzene rings is 2. The minimum Gasteiger partial charge on any atom is -0.357 e. The molecule has 170 valence electrons. The smallest absolute Gasteiger partial charge is 0.191 e. The molecular formula is C25H28FN7. The lowest BCUT2D eigenvalue weighted by molar-refractivity contribution is 0.615. The highest BCUT2D eigenvalue weighted by Gasteiger charge is 2.10. The molecular weight excluding hydrogens is 417 g/mol. The van der Waals surface area contributed by atoms with E-state index in [1.54, 1.807) is 29.4 Å². The van der Waals surface area contributed by atoms with Crippen LogP contribution in [0, 0.1) is 19.7 Å². The van der Waals surface area contributed by atoms with Crippen molar-refractivity contribution in [1.29, 1.82) is 0 Å². The van der Waals surface area contributed by atoms with Gasteiger partial charge in [-0.15, -0.1) is 0 Å². The van der Waals surface area contributed by atoms with Crippen LogP contribution in [0.2, 0.25) is 0 Å². The van der Waals surface area contributed by atoms with E-state index >= 15 is 0 Å². The Morgan fingerprint density at radius 3 is 2.61 bits per heavy atom. The van der Waals surface area contributed by atoms with Crippen LogP contribution < -0.4 is 10.6 Å². The zero-order valence-electron chi connectivity index (χ0n) is 19.1. The first-order chi connectivity index (χ1) is 16.0. The average Bonchev–Trinajstić information content (AvgIpc) is 3.45. The normalized spacial score (nSPS) is 11.6. The largest absolute Gasteiger partial charge is 0.357 e. The van der Waals surface area contributed by atoms with Gasteiger partial charge in [-0.3, -0.25) is 0 Å². The van der Waals surface area contributed by atoms with E-state index in [1.165, 1.54) is 6.07 Å². The molecule has 7 nitrogen and oxygen atoms in total.